The van der Waals surface area contributed by atoms with Gasteiger partial charge in [0.05, 0.1) is 33.0 Å². The van der Waals surface area contributed by atoms with Crippen LogP contribution in [0.5, 0.6) is 0 Å². The summed E-state index contributed by atoms with van der Waals surface area (Å²) in [6.07, 6.45) is 63.3. The first-order valence-corrected chi connectivity index (χ1v) is 56.6. The van der Waals surface area contributed by atoms with E-state index in [9.17, 15) is 0 Å². The van der Waals surface area contributed by atoms with E-state index >= 15 is 0 Å². The van der Waals surface area contributed by atoms with Crippen LogP contribution in [0, 0.1) is 0 Å². The van der Waals surface area contributed by atoms with Crippen molar-refractivity contribution in [2.24, 2.45) is 45.9 Å². The van der Waals surface area contributed by atoms with Crippen LogP contribution in [0.15, 0.2) is 24.3 Å². The summed E-state index contributed by atoms with van der Waals surface area (Å²) in [5.41, 5.74) is 45.8. The monoisotopic (exact) mass is 1920 g/mol. The van der Waals surface area contributed by atoms with Gasteiger partial charge in [-0.25, -0.2) is 0 Å². The number of benzene rings is 1. The first-order chi connectivity index (χ1) is 65.0. The Hall–Kier alpha value is -1.70. The van der Waals surface area contributed by atoms with Gasteiger partial charge in [0, 0.05) is 118 Å². The smallest absolute Gasteiger partial charge is 0.0701 e. The highest BCUT2D eigenvalue weighted by atomic mass is 16.5. The summed E-state index contributed by atoms with van der Waals surface area (Å²) in [4.78, 5) is 17.2. The third kappa shape index (κ3) is 156. The van der Waals surface area contributed by atoms with E-state index in [-0.39, 0.29) is 7.43 Å². The van der Waals surface area contributed by atoms with Gasteiger partial charge in [-0.3, -0.25) is 9.80 Å². The topological polar surface area (TPSA) is 327 Å². The Bertz CT molecular complexity index is 1840. The van der Waals surface area contributed by atoms with Gasteiger partial charge >= 0.3 is 0 Å². The van der Waals surface area contributed by atoms with Crippen molar-refractivity contribution in [1.82, 2.24) is 55.6 Å². The summed E-state index contributed by atoms with van der Waals surface area (Å²) < 4.78 is 15.4. The average molecular weight is 1920 g/mol. The number of unbranched alkanes of at least 4 members (excludes halogenated alkanes) is 33. The molecule has 1 aromatic carbocycles. The minimum Gasteiger partial charge on any atom is -0.396 e. The van der Waals surface area contributed by atoms with Crippen LogP contribution in [-0.2, 0) is 27.2 Å². The van der Waals surface area contributed by atoms with Crippen LogP contribution < -0.4 is 67.1 Å². The number of hydrogen-bond acceptors (Lipinski definition) is 23. The summed E-state index contributed by atoms with van der Waals surface area (Å²) in [5, 5.41) is 21.3. The molecule has 134 heavy (non-hydrogen) atoms. The summed E-state index contributed by atoms with van der Waals surface area (Å²) in [5.74, 6) is 0. The van der Waals surface area contributed by atoms with E-state index in [0.29, 0.717) is 39.5 Å². The quantitative estimate of drug-likeness (QED) is 0.0270. The minimum atomic E-state index is 0. The summed E-state index contributed by atoms with van der Waals surface area (Å²) in [7, 11) is 12.5. The van der Waals surface area contributed by atoms with Crippen LogP contribution in [0.2, 0.25) is 0 Å². The van der Waals surface area contributed by atoms with Gasteiger partial charge in [-0.2, -0.15) is 0 Å². The SMILES string of the molecule is C.CCCCCCCCCCCCN.CCCCCCCCN.CCCCCCCCN(C)C.CCCCCCCO.CCCCCCNCCCCCN.CCCCCN(C)CCCC.CCCCN(C)CCCN.CCCCN1CCN(CCCN)CC1.CCCNCCN1CCN(CCN)CC1.CCCOCCOCCN.CCc1ccc(CN)cc1.CNCCOCCNC. The lowest BCUT2D eigenvalue weighted by atomic mass is 10.1. The number of aryl methyl sites for hydroxylation is 1. The molecule has 818 valence electrons. The van der Waals surface area contributed by atoms with Gasteiger partial charge in [0.15, 0.2) is 0 Å². The number of nitrogens with one attached hydrogen (secondary N) is 4. The van der Waals surface area contributed by atoms with Crippen molar-refractivity contribution in [1.29, 1.82) is 0 Å². The zero-order valence-corrected chi connectivity index (χ0v) is 93.5. The summed E-state index contributed by atoms with van der Waals surface area (Å²) in [6.45, 7) is 64.9. The zero-order chi connectivity index (χ0) is 101. The van der Waals surface area contributed by atoms with Crippen molar-refractivity contribution in [3.63, 3.8) is 0 Å². The van der Waals surface area contributed by atoms with Gasteiger partial charge in [0.2, 0.25) is 0 Å². The van der Waals surface area contributed by atoms with Crippen LogP contribution in [0.25, 0.3) is 0 Å². The first-order valence-electron chi connectivity index (χ1n) is 56.6. The fourth-order valence-electron chi connectivity index (χ4n) is 13.7. The molecular formula is C111H255N19O4. The number of hydrogen-bond donors (Lipinski definition) is 13. The van der Waals surface area contributed by atoms with Crippen molar-refractivity contribution in [2.75, 3.05) is 285 Å². The van der Waals surface area contributed by atoms with Gasteiger partial charge in [-0.05, 0) is 254 Å². The molecule has 2 aliphatic heterocycles. The Balaban J connectivity index is -0.000000157. The van der Waals surface area contributed by atoms with Gasteiger partial charge in [-0.15, -0.1) is 0 Å². The van der Waals surface area contributed by atoms with E-state index in [0.717, 1.165) is 130 Å². The highest BCUT2D eigenvalue weighted by Gasteiger charge is 2.17. The molecule has 1 aromatic rings. The average Bonchev–Trinajstić information content (AvgIpc) is 0.924. The van der Waals surface area contributed by atoms with E-state index in [2.05, 4.69) is 191 Å². The fraction of sp³-hybridized carbons (Fsp3) is 0.946. The zero-order valence-electron chi connectivity index (χ0n) is 93.5. The maximum Gasteiger partial charge on any atom is 0.0701 e. The molecule has 0 amide bonds. The highest BCUT2D eigenvalue weighted by Crippen LogP contribution is 2.12. The van der Waals surface area contributed by atoms with Crippen LogP contribution >= 0.6 is 0 Å². The highest BCUT2D eigenvalue weighted by molar-refractivity contribution is 5.22. The molecule has 2 aliphatic rings. The number of aliphatic hydroxyl groups is 1. The predicted octanol–water partition coefficient (Wildman–Crippen LogP) is 19.8. The molecule has 0 atom stereocenters. The lowest BCUT2D eigenvalue weighted by Gasteiger charge is -2.34. The molecule has 0 unspecified atom stereocenters. The predicted molar refractivity (Wildman–Crippen MR) is 606 cm³/mol. The van der Waals surface area contributed by atoms with E-state index < -0.39 is 0 Å². The molecule has 0 bridgehead atoms. The second-order valence-electron chi connectivity index (χ2n) is 36.7. The van der Waals surface area contributed by atoms with Crippen LogP contribution in [0.4, 0.5) is 0 Å². The maximum absolute atomic E-state index is 8.37. The molecule has 2 saturated heterocycles. The molecule has 0 aliphatic carbocycles. The Morgan fingerprint density at radius 1 is 0.269 bits per heavy atom. The van der Waals surface area contributed by atoms with Crippen molar-refractivity contribution in [3.05, 3.63) is 35.4 Å². The van der Waals surface area contributed by atoms with Crippen molar-refractivity contribution >= 4 is 0 Å². The van der Waals surface area contributed by atoms with Crippen molar-refractivity contribution < 1.29 is 19.3 Å². The number of nitrogens with two attached hydrogens (primary N) is 8. The molecule has 2 heterocycles. The number of rotatable bonds is 79. The number of nitrogens with zero attached hydrogens (tertiary/aromatic N) is 7. The van der Waals surface area contributed by atoms with Gasteiger partial charge in [0.1, 0.15) is 0 Å². The van der Waals surface area contributed by atoms with E-state index in [1.807, 2.05) is 14.1 Å². The summed E-state index contributed by atoms with van der Waals surface area (Å²) in [6, 6.07) is 8.42. The molecule has 0 aromatic heterocycles. The van der Waals surface area contributed by atoms with Crippen molar-refractivity contribution in [2.45, 2.75) is 405 Å². The third-order valence-corrected chi connectivity index (χ3v) is 22.8. The second-order valence-corrected chi connectivity index (χ2v) is 36.7. The maximum atomic E-state index is 8.37. The molecule has 23 nitrogen and oxygen atoms in total. The molecule has 0 radical (unpaired) electrons. The Morgan fingerprint density at radius 3 is 0.940 bits per heavy atom. The molecule has 0 spiro atoms. The molecule has 23 heteroatoms. The van der Waals surface area contributed by atoms with Gasteiger partial charge < -0.3 is 111 Å². The van der Waals surface area contributed by atoms with Crippen molar-refractivity contribution in [3.8, 4) is 0 Å². The number of piperazine rings is 2. The Labute approximate surface area is 841 Å². The minimum absolute atomic E-state index is 0. The van der Waals surface area contributed by atoms with Crippen LogP contribution in [-0.4, -0.2) is 324 Å². The first kappa shape index (κ1) is 152. The Morgan fingerprint density at radius 2 is 0.582 bits per heavy atom. The fourth-order valence-corrected chi connectivity index (χ4v) is 13.7. The summed E-state index contributed by atoms with van der Waals surface area (Å²) >= 11 is 0. The standard InChI is InChI=1S/C12H27N.C11H26N4.C11H25N3.C11H26N2.2C10H23N.C9H13N.C8H20N2.C8H19N.C7H17NO2.C7H16O.C6H16N2O.CH4/c1-2-3-4-5-6-7-8-9-10-11-12-13;1-2-4-13-5-7-15-10-8-14(6-3-12)9-11-15;1-2-3-6-13-8-10-14(11-9-13)7-4-5-12;1-2-3-4-7-10-13-11-8-5-6-9-12;1-4-5-6-7-8-9-10-11(2)3;1-4-6-8-10-11(3)9-7-5-2;1-2-8-3-5-9(7-10)6-4-8;1-3-4-7-10(2)8-5-6-9;1-2-3-4-5-6-7-8-9;1-2-4-9-6-7-10-5-3-8;1-2-3-4-5-6-7-8;1-7-3-5-9-6-4-8-2;/h2-13H2,1H3;13H,2-12H2,1H3;2-12H2,1H3;13H,2-12H2,1H3;2*4-10H2,1-3H3;3-6H,2,7,10H2,1H3;3-9H2,1-2H3;2-9H2,1H3;2-8H2,1H3;8H,2-7H2,1H3;7-8H,3-6H2,1-2H3;1H4. The Kier molecular flexibility index (Phi) is 170. The lowest BCUT2D eigenvalue weighted by molar-refractivity contribution is 0.0510. The van der Waals surface area contributed by atoms with E-state index in [1.165, 1.54) is 398 Å². The van der Waals surface area contributed by atoms with Crippen LogP contribution in [0.1, 0.15) is 403 Å². The number of aliphatic hydroxyl groups excluding tert-OH is 1. The van der Waals surface area contributed by atoms with Crippen LogP contribution in [0.3, 0.4) is 0 Å². The largest absolute Gasteiger partial charge is 0.396 e. The van der Waals surface area contributed by atoms with Gasteiger partial charge in [-0.1, -0.05) is 320 Å². The van der Waals surface area contributed by atoms with Gasteiger partial charge in [0.25, 0.3) is 0 Å². The molecule has 3 rings (SSSR count). The molecule has 21 N–H and O–H groups in total. The third-order valence-electron chi connectivity index (χ3n) is 22.8. The number of ether oxygens (including phenoxy) is 3. The number of likely N-dealkylation sites (N-methyl/N-ethyl adjacent to an activating group) is 2. The normalized spacial score (nSPS) is 12.4. The van der Waals surface area contributed by atoms with E-state index in [4.69, 9.17) is 65.2 Å². The second kappa shape index (κ2) is 149. The lowest BCUT2D eigenvalue weighted by Crippen LogP contribution is -2.49. The molecule has 2 fully saturated rings. The molecular weight excluding hydrogens is 1660 g/mol. The van der Waals surface area contributed by atoms with E-state index in [1.54, 1.807) is 0 Å². The molecule has 0 saturated carbocycles.